The number of nitrogens with zero attached hydrogens (tertiary/aromatic N) is 2. The molecule has 0 saturated heterocycles. The summed E-state index contributed by atoms with van der Waals surface area (Å²) >= 11 is 3.31. The van der Waals surface area contributed by atoms with Gasteiger partial charge in [0.2, 0.25) is 0 Å². The third kappa shape index (κ3) is 4.40. The van der Waals surface area contributed by atoms with Gasteiger partial charge in [-0.2, -0.15) is 0 Å². The molecule has 1 aromatic heterocycles. The minimum Gasteiger partial charge on any atom is -0.399 e. The number of benzene rings is 1. The fraction of sp³-hybridized carbons (Fsp3) is 0.286. The SMILES string of the molecule is CCOCc1nc(C)c(Br)c(NS(=O)(=O)c2ccc(N)cc2)n1. The van der Waals surface area contributed by atoms with Gasteiger partial charge in [-0.25, -0.2) is 18.4 Å². The summed E-state index contributed by atoms with van der Waals surface area (Å²) in [6.07, 6.45) is 0. The summed E-state index contributed by atoms with van der Waals surface area (Å²) in [5.74, 6) is 0.576. The van der Waals surface area contributed by atoms with Gasteiger partial charge in [-0.15, -0.1) is 0 Å². The highest BCUT2D eigenvalue weighted by atomic mass is 79.9. The molecule has 0 aliphatic carbocycles. The maximum Gasteiger partial charge on any atom is 0.263 e. The highest BCUT2D eigenvalue weighted by Crippen LogP contribution is 2.26. The van der Waals surface area contributed by atoms with Gasteiger partial charge in [0.1, 0.15) is 6.61 Å². The van der Waals surface area contributed by atoms with Crippen molar-refractivity contribution in [3.63, 3.8) is 0 Å². The van der Waals surface area contributed by atoms with E-state index >= 15 is 0 Å². The fourth-order valence-corrected chi connectivity index (χ4v) is 3.20. The van der Waals surface area contributed by atoms with E-state index in [-0.39, 0.29) is 17.3 Å². The lowest BCUT2D eigenvalue weighted by Gasteiger charge is -2.12. The summed E-state index contributed by atoms with van der Waals surface area (Å²) in [5, 5.41) is 0. The number of hydrogen-bond donors (Lipinski definition) is 2. The van der Waals surface area contributed by atoms with Crippen molar-refractivity contribution >= 4 is 37.5 Å². The van der Waals surface area contributed by atoms with Crippen molar-refractivity contribution in [3.05, 3.63) is 40.3 Å². The molecule has 0 radical (unpaired) electrons. The first-order valence-electron chi connectivity index (χ1n) is 6.82. The maximum absolute atomic E-state index is 12.4. The molecule has 1 heterocycles. The number of sulfonamides is 1. The number of rotatable bonds is 6. The molecule has 3 N–H and O–H groups in total. The first-order valence-corrected chi connectivity index (χ1v) is 9.10. The molecule has 7 nitrogen and oxygen atoms in total. The summed E-state index contributed by atoms with van der Waals surface area (Å²) in [6, 6.07) is 5.91. The van der Waals surface area contributed by atoms with E-state index in [4.69, 9.17) is 10.5 Å². The van der Waals surface area contributed by atoms with Crippen LogP contribution in [0.1, 0.15) is 18.4 Å². The monoisotopic (exact) mass is 400 g/mol. The Morgan fingerprint density at radius 3 is 2.52 bits per heavy atom. The van der Waals surface area contributed by atoms with Crippen molar-refractivity contribution in [2.45, 2.75) is 25.3 Å². The average molecular weight is 401 g/mol. The molecule has 2 aromatic rings. The van der Waals surface area contributed by atoms with Crippen LogP contribution in [-0.4, -0.2) is 25.0 Å². The molecule has 0 aliphatic heterocycles. The number of anilines is 2. The Labute approximate surface area is 143 Å². The van der Waals surface area contributed by atoms with Gasteiger partial charge in [0, 0.05) is 12.3 Å². The van der Waals surface area contributed by atoms with E-state index < -0.39 is 10.0 Å². The molecular formula is C14H17BrN4O3S. The molecule has 2 rings (SSSR count). The second kappa shape index (κ2) is 7.24. The number of hydrogen-bond acceptors (Lipinski definition) is 6. The van der Waals surface area contributed by atoms with E-state index in [2.05, 4.69) is 30.6 Å². The lowest BCUT2D eigenvalue weighted by molar-refractivity contribution is 0.128. The van der Waals surface area contributed by atoms with E-state index in [0.717, 1.165) is 0 Å². The van der Waals surface area contributed by atoms with Crippen molar-refractivity contribution in [2.75, 3.05) is 17.1 Å². The molecule has 23 heavy (non-hydrogen) atoms. The minimum absolute atomic E-state index is 0.0984. The van der Waals surface area contributed by atoms with Crippen LogP contribution in [0, 0.1) is 6.92 Å². The Kier molecular flexibility index (Phi) is 5.55. The molecule has 0 atom stereocenters. The summed E-state index contributed by atoms with van der Waals surface area (Å²) in [4.78, 5) is 8.55. The van der Waals surface area contributed by atoms with Gasteiger partial charge in [0.05, 0.1) is 15.1 Å². The number of nitrogen functional groups attached to an aromatic ring is 1. The molecule has 0 aliphatic rings. The second-order valence-electron chi connectivity index (χ2n) is 4.70. The minimum atomic E-state index is -3.77. The third-order valence-electron chi connectivity index (χ3n) is 2.92. The van der Waals surface area contributed by atoms with Crippen LogP contribution >= 0.6 is 15.9 Å². The van der Waals surface area contributed by atoms with Crippen molar-refractivity contribution in [1.82, 2.24) is 9.97 Å². The van der Waals surface area contributed by atoms with Gasteiger partial charge in [-0.1, -0.05) is 0 Å². The largest absolute Gasteiger partial charge is 0.399 e. The van der Waals surface area contributed by atoms with Crippen LogP contribution in [0.2, 0.25) is 0 Å². The molecule has 9 heteroatoms. The predicted octanol–water partition coefficient (Wildman–Crippen LogP) is 2.47. The Bertz CT molecular complexity index is 794. The van der Waals surface area contributed by atoms with Gasteiger partial charge in [0.15, 0.2) is 11.6 Å². The van der Waals surface area contributed by atoms with Gasteiger partial charge in [0.25, 0.3) is 10.0 Å². The number of halogens is 1. The highest BCUT2D eigenvalue weighted by molar-refractivity contribution is 9.10. The molecule has 0 amide bonds. The smallest absolute Gasteiger partial charge is 0.263 e. The van der Waals surface area contributed by atoms with Crippen molar-refractivity contribution in [1.29, 1.82) is 0 Å². The molecule has 0 unspecified atom stereocenters. The first kappa shape index (κ1) is 17.6. The van der Waals surface area contributed by atoms with Crippen LogP contribution in [0.25, 0.3) is 0 Å². The molecular weight excluding hydrogens is 384 g/mol. The zero-order valence-electron chi connectivity index (χ0n) is 12.7. The van der Waals surface area contributed by atoms with Gasteiger partial charge >= 0.3 is 0 Å². The number of aromatic nitrogens is 2. The van der Waals surface area contributed by atoms with Gasteiger partial charge in [-0.05, 0) is 54.0 Å². The second-order valence-corrected chi connectivity index (χ2v) is 7.17. The number of aryl methyl sites for hydroxylation is 1. The van der Waals surface area contributed by atoms with Crippen LogP contribution in [0.5, 0.6) is 0 Å². The lowest BCUT2D eigenvalue weighted by Crippen LogP contribution is -2.16. The zero-order chi connectivity index (χ0) is 17.0. The van der Waals surface area contributed by atoms with E-state index in [0.29, 0.717) is 28.3 Å². The number of ether oxygens (including phenoxy) is 1. The molecule has 124 valence electrons. The molecule has 1 aromatic carbocycles. The summed E-state index contributed by atoms with van der Waals surface area (Å²) in [7, 11) is -3.77. The van der Waals surface area contributed by atoms with E-state index in [1.165, 1.54) is 24.3 Å². The Morgan fingerprint density at radius 1 is 1.26 bits per heavy atom. The molecule has 0 spiro atoms. The summed E-state index contributed by atoms with van der Waals surface area (Å²) in [6.45, 7) is 4.34. The standard InChI is InChI=1S/C14H17BrN4O3S/c1-3-22-8-12-17-9(2)13(15)14(18-12)19-23(20,21)11-6-4-10(16)5-7-11/h4-7H,3,8,16H2,1-2H3,(H,17,18,19). The molecule has 0 fully saturated rings. The average Bonchev–Trinajstić information content (AvgIpc) is 2.50. The topological polar surface area (TPSA) is 107 Å². The molecule has 0 saturated carbocycles. The Hall–Kier alpha value is -1.71. The number of nitrogens with one attached hydrogen (secondary N) is 1. The first-order chi connectivity index (χ1) is 10.8. The van der Waals surface area contributed by atoms with Gasteiger partial charge in [-0.3, -0.25) is 4.72 Å². The van der Waals surface area contributed by atoms with Crippen LogP contribution < -0.4 is 10.5 Å². The normalized spacial score (nSPS) is 11.4. The van der Waals surface area contributed by atoms with Gasteiger partial charge < -0.3 is 10.5 Å². The quantitative estimate of drug-likeness (QED) is 0.721. The lowest BCUT2D eigenvalue weighted by atomic mass is 10.3. The van der Waals surface area contributed by atoms with E-state index in [9.17, 15) is 8.42 Å². The Balaban J connectivity index is 2.34. The predicted molar refractivity (Wildman–Crippen MR) is 91.5 cm³/mol. The van der Waals surface area contributed by atoms with Crippen LogP contribution in [-0.2, 0) is 21.4 Å². The van der Waals surface area contributed by atoms with Crippen molar-refractivity contribution in [3.8, 4) is 0 Å². The number of nitrogens with two attached hydrogens (primary N) is 1. The van der Waals surface area contributed by atoms with E-state index in [1.54, 1.807) is 6.92 Å². The zero-order valence-corrected chi connectivity index (χ0v) is 15.1. The summed E-state index contributed by atoms with van der Waals surface area (Å²) in [5.41, 5.74) is 6.68. The van der Waals surface area contributed by atoms with Crippen LogP contribution in [0.4, 0.5) is 11.5 Å². The molecule has 0 bridgehead atoms. The fourth-order valence-electron chi connectivity index (χ4n) is 1.78. The summed E-state index contributed by atoms with van der Waals surface area (Å²) < 4.78 is 33.1. The third-order valence-corrected chi connectivity index (χ3v) is 5.22. The van der Waals surface area contributed by atoms with Crippen LogP contribution in [0.15, 0.2) is 33.6 Å². The Morgan fingerprint density at radius 2 is 1.91 bits per heavy atom. The van der Waals surface area contributed by atoms with Crippen molar-refractivity contribution < 1.29 is 13.2 Å². The maximum atomic E-state index is 12.4. The van der Waals surface area contributed by atoms with E-state index in [1.807, 2.05) is 6.92 Å². The van der Waals surface area contributed by atoms with Crippen LogP contribution in [0.3, 0.4) is 0 Å². The van der Waals surface area contributed by atoms with Crippen molar-refractivity contribution in [2.24, 2.45) is 0 Å². The highest BCUT2D eigenvalue weighted by Gasteiger charge is 2.18.